The van der Waals surface area contributed by atoms with E-state index in [2.05, 4.69) is 35.2 Å². The van der Waals surface area contributed by atoms with E-state index >= 15 is 0 Å². The number of nitrogens with zero attached hydrogens (tertiary/aromatic N) is 3. The lowest BCUT2D eigenvalue weighted by Crippen LogP contribution is -2.48. The number of amides is 1. The van der Waals surface area contributed by atoms with Gasteiger partial charge in [0.2, 0.25) is 15.9 Å². The fourth-order valence-corrected chi connectivity index (χ4v) is 7.47. The Kier molecular flexibility index (Phi) is 9.69. The van der Waals surface area contributed by atoms with Gasteiger partial charge in [0.25, 0.3) is 0 Å². The molecule has 214 valence electrons. The van der Waals surface area contributed by atoms with Gasteiger partial charge in [-0.15, -0.1) is 0 Å². The fraction of sp³-hybridized carbons (Fsp3) is 0.567. The van der Waals surface area contributed by atoms with Crippen LogP contribution in [-0.2, 0) is 26.1 Å². The zero-order chi connectivity index (χ0) is 28.0. The molecule has 0 N–H and O–H groups in total. The maximum absolute atomic E-state index is 13.2. The molecule has 2 aromatic rings. The number of carbonyl (C=O) groups excluding carboxylic acids is 1. The largest absolute Gasteiger partial charge is 0.497 e. The highest BCUT2D eigenvalue weighted by Crippen LogP contribution is 2.41. The van der Waals surface area contributed by atoms with E-state index in [4.69, 9.17) is 9.47 Å². The Labute approximate surface area is 233 Å². The molecule has 39 heavy (non-hydrogen) atoms. The van der Waals surface area contributed by atoms with Gasteiger partial charge in [0, 0.05) is 33.2 Å². The maximum atomic E-state index is 13.2. The van der Waals surface area contributed by atoms with Crippen LogP contribution in [-0.4, -0.2) is 88.5 Å². The van der Waals surface area contributed by atoms with E-state index in [1.54, 1.807) is 40.1 Å². The number of rotatable bonds is 10. The van der Waals surface area contributed by atoms with Crippen molar-refractivity contribution in [3.8, 4) is 5.75 Å². The SMILES string of the molecule is COc1cc(C)c(S(=O)(=O)N(C)CCOCC(=O)N2CCC3(CCN(Cc4ccccc4)CC3)CC2)c(C)c1. The van der Waals surface area contributed by atoms with Crippen LogP contribution in [0.3, 0.4) is 0 Å². The topological polar surface area (TPSA) is 79.4 Å². The number of hydrogen-bond donors (Lipinski definition) is 0. The number of ether oxygens (including phenoxy) is 2. The minimum atomic E-state index is -3.69. The van der Waals surface area contributed by atoms with Crippen LogP contribution >= 0.6 is 0 Å². The van der Waals surface area contributed by atoms with Crippen LogP contribution in [0.25, 0.3) is 0 Å². The minimum absolute atomic E-state index is 0.0151. The number of sulfonamides is 1. The molecule has 0 unspecified atom stereocenters. The summed E-state index contributed by atoms with van der Waals surface area (Å²) in [6.07, 6.45) is 4.46. The van der Waals surface area contributed by atoms with Crippen molar-refractivity contribution in [1.29, 1.82) is 0 Å². The Morgan fingerprint density at radius 1 is 0.974 bits per heavy atom. The van der Waals surface area contributed by atoms with Gasteiger partial charge >= 0.3 is 0 Å². The van der Waals surface area contributed by atoms with E-state index in [1.807, 2.05) is 4.90 Å². The van der Waals surface area contributed by atoms with Crippen LogP contribution in [0.4, 0.5) is 0 Å². The molecule has 1 spiro atoms. The quantitative estimate of drug-likeness (QED) is 0.413. The monoisotopic (exact) mass is 557 g/mol. The Morgan fingerprint density at radius 2 is 1.56 bits per heavy atom. The summed E-state index contributed by atoms with van der Waals surface area (Å²) in [5, 5.41) is 0. The summed E-state index contributed by atoms with van der Waals surface area (Å²) in [4.78, 5) is 17.5. The highest BCUT2D eigenvalue weighted by molar-refractivity contribution is 7.89. The van der Waals surface area contributed by atoms with Crippen LogP contribution in [0.2, 0.25) is 0 Å². The molecule has 0 atom stereocenters. The summed E-state index contributed by atoms with van der Waals surface area (Å²) in [7, 11) is -0.584. The molecule has 2 fully saturated rings. The van der Waals surface area contributed by atoms with Crippen LogP contribution in [0.5, 0.6) is 5.75 Å². The minimum Gasteiger partial charge on any atom is -0.497 e. The van der Waals surface area contributed by atoms with Gasteiger partial charge in [0.05, 0.1) is 18.6 Å². The van der Waals surface area contributed by atoms with Crippen LogP contribution in [0.15, 0.2) is 47.4 Å². The predicted octanol–water partition coefficient (Wildman–Crippen LogP) is 3.85. The number of piperidine rings is 2. The molecule has 1 amide bonds. The van der Waals surface area contributed by atoms with E-state index in [0.717, 1.165) is 45.6 Å². The lowest BCUT2D eigenvalue weighted by Gasteiger charge is -2.47. The van der Waals surface area contributed by atoms with Crippen molar-refractivity contribution in [1.82, 2.24) is 14.1 Å². The first-order valence-electron chi connectivity index (χ1n) is 13.9. The zero-order valence-electron chi connectivity index (χ0n) is 23.8. The maximum Gasteiger partial charge on any atom is 0.248 e. The molecule has 9 heteroatoms. The average molecular weight is 558 g/mol. The average Bonchev–Trinajstić information content (AvgIpc) is 2.92. The molecule has 8 nitrogen and oxygen atoms in total. The third-order valence-corrected chi connectivity index (χ3v) is 10.6. The van der Waals surface area contributed by atoms with Crippen molar-refractivity contribution < 1.29 is 22.7 Å². The summed E-state index contributed by atoms with van der Waals surface area (Å²) >= 11 is 0. The van der Waals surface area contributed by atoms with Crippen LogP contribution < -0.4 is 4.74 Å². The Bertz CT molecular complexity index is 1190. The lowest BCUT2D eigenvalue weighted by molar-refractivity contribution is -0.139. The van der Waals surface area contributed by atoms with E-state index in [9.17, 15) is 13.2 Å². The Hall–Kier alpha value is -2.46. The second kappa shape index (κ2) is 12.8. The highest BCUT2D eigenvalue weighted by Gasteiger charge is 2.38. The van der Waals surface area contributed by atoms with Crippen molar-refractivity contribution >= 4 is 15.9 Å². The highest BCUT2D eigenvalue weighted by atomic mass is 32.2. The number of benzene rings is 2. The molecule has 0 radical (unpaired) electrons. The second-order valence-corrected chi connectivity index (χ2v) is 13.1. The number of carbonyl (C=O) groups is 1. The molecule has 2 aromatic carbocycles. The van der Waals surface area contributed by atoms with Crippen molar-refractivity contribution in [2.75, 3.05) is 60.1 Å². The summed E-state index contributed by atoms with van der Waals surface area (Å²) in [5.74, 6) is 0.615. The summed E-state index contributed by atoms with van der Waals surface area (Å²) in [5.41, 5.74) is 2.99. The molecule has 2 aliphatic heterocycles. The Morgan fingerprint density at radius 3 is 2.15 bits per heavy atom. The first-order valence-corrected chi connectivity index (χ1v) is 15.3. The molecule has 0 bridgehead atoms. The van der Waals surface area contributed by atoms with Crippen LogP contribution in [0.1, 0.15) is 42.4 Å². The molecular weight excluding hydrogens is 514 g/mol. The molecule has 0 aromatic heterocycles. The summed E-state index contributed by atoms with van der Waals surface area (Å²) < 4.78 is 38.5. The molecule has 2 saturated heterocycles. The smallest absolute Gasteiger partial charge is 0.248 e. The van der Waals surface area contributed by atoms with Gasteiger partial charge in [-0.25, -0.2) is 8.42 Å². The molecular formula is C30H43N3O5S. The van der Waals surface area contributed by atoms with E-state index in [1.165, 1.54) is 22.7 Å². The van der Waals surface area contributed by atoms with Gasteiger partial charge < -0.3 is 14.4 Å². The molecule has 0 saturated carbocycles. The van der Waals surface area contributed by atoms with Gasteiger partial charge in [0.15, 0.2) is 0 Å². The number of hydrogen-bond acceptors (Lipinski definition) is 6. The van der Waals surface area contributed by atoms with Gasteiger partial charge in [-0.05, 0) is 86.9 Å². The first kappa shape index (κ1) is 29.5. The summed E-state index contributed by atoms with van der Waals surface area (Å²) in [6.45, 7) is 8.60. The van der Waals surface area contributed by atoms with Crippen LogP contribution in [0, 0.1) is 19.3 Å². The first-order chi connectivity index (χ1) is 18.6. The predicted molar refractivity (Wildman–Crippen MR) is 152 cm³/mol. The number of likely N-dealkylation sites (N-methyl/N-ethyl adjacent to an activating group) is 1. The number of likely N-dealkylation sites (tertiary alicyclic amines) is 2. The normalized spacial score (nSPS) is 18.0. The van der Waals surface area contributed by atoms with Gasteiger partial charge in [-0.3, -0.25) is 9.69 Å². The number of aryl methyl sites for hydroxylation is 2. The molecule has 4 rings (SSSR count). The fourth-order valence-electron chi connectivity index (χ4n) is 5.91. The zero-order valence-corrected chi connectivity index (χ0v) is 24.6. The third kappa shape index (κ3) is 7.20. The van der Waals surface area contributed by atoms with Crippen molar-refractivity contribution in [2.24, 2.45) is 5.41 Å². The lowest BCUT2D eigenvalue weighted by atomic mass is 9.71. The summed E-state index contributed by atoms with van der Waals surface area (Å²) in [6, 6.07) is 14.1. The molecule has 2 heterocycles. The third-order valence-electron chi connectivity index (χ3n) is 8.46. The van der Waals surface area contributed by atoms with E-state index in [-0.39, 0.29) is 30.6 Å². The van der Waals surface area contributed by atoms with Gasteiger partial charge in [-0.1, -0.05) is 30.3 Å². The van der Waals surface area contributed by atoms with Crippen molar-refractivity contribution in [3.63, 3.8) is 0 Å². The van der Waals surface area contributed by atoms with E-state index < -0.39 is 10.0 Å². The standard InChI is InChI=1S/C30H43N3O5S/c1-24-20-27(37-4)21-25(2)29(24)39(35,36)31(3)18-19-38-23-28(34)33-16-12-30(13-17-33)10-14-32(15-11-30)22-26-8-6-5-7-9-26/h5-9,20-21H,10-19,22-23H2,1-4H3. The number of methoxy groups -OCH3 is 1. The van der Waals surface area contributed by atoms with Gasteiger partial charge in [0.1, 0.15) is 12.4 Å². The second-order valence-electron chi connectivity index (χ2n) is 11.1. The Balaban J connectivity index is 1.18. The van der Waals surface area contributed by atoms with Gasteiger partial charge in [-0.2, -0.15) is 4.31 Å². The van der Waals surface area contributed by atoms with Crippen molar-refractivity contribution in [2.45, 2.75) is 51.0 Å². The molecule has 0 aliphatic carbocycles. The van der Waals surface area contributed by atoms with E-state index in [0.29, 0.717) is 22.3 Å². The molecule has 2 aliphatic rings. The van der Waals surface area contributed by atoms with Crippen molar-refractivity contribution in [3.05, 3.63) is 59.2 Å².